The Kier molecular flexibility index (Phi) is 3.93. The number of hydrazone groups is 1. The van der Waals surface area contributed by atoms with Crippen molar-refractivity contribution in [1.29, 1.82) is 0 Å². The van der Waals surface area contributed by atoms with Gasteiger partial charge < -0.3 is 15.7 Å². The second-order valence-corrected chi connectivity index (χ2v) is 6.07. The number of aromatic amines is 1. The second kappa shape index (κ2) is 6.39. The Morgan fingerprint density at radius 3 is 3.00 bits per heavy atom. The van der Waals surface area contributed by atoms with Gasteiger partial charge in [-0.05, 0) is 55.2 Å². The Bertz CT molecular complexity index is 959. The molecule has 126 valence electrons. The van der Waals surface area contributed by atoms with Crippen LogP contribution in [0.3, 0.4) is 0 Å². The molecule has 3 N–H and O–H groups in total. The number of pyridine rings is 1. The first-order valence-electron chi connectivity index (χ1n) is 8.36. The van der Waals surface area contributed by atoms with Gasteiger partial charge in [-0.1, -0.05) is 0 Å². The van der Waals surface area contributed by atoms with Crippen molar-refractivity contribution in [2.75, 3.05) is 12.4 Å². The zero-order valence-corrected chi connectivity index (χ0v) is 14.0. The normalized spacial score (nSPS) is 15.2. The van der Waals surface area contributed by atoms with Crippen molar-refractivity contribution in [3.63, 3.8) is 0 Å². The maximum absolute atomic E-state index is 12.5. The molecule has 6 nitrogen and oxygen atoms in total. The summed E-state index contributed by atoms with van der Waals surface area (Å²) in [6.45, 7) is 0. The van der Waals surface area contributed by atoms with Crippen LogP contribution in [-0.4, -0.2) is 28.6 Å². The number of hydrogen-bond acceptors (Lipinski definition) is 4. The van der Waals surface area contributed by atoms with Crippen LogP contribution in [-0.2, 0) is 6.42 Å². The molecule has 0 radical (unpaired) electrons. The average Bonchev–Trinajstić information content (AvgIpc) is 3.02. The molecule has 1 aromatic carbocycles. The molecule has 3 aromatic rings. The third-order valence-corrected chi connectivity index (χ3v) is 4.46. The summed E-state index contributed by atoms with van der Waals surface area (Å²) in [7, 11) is 1.81. The van der Waals surface area contributed by atoms with Gasteiger partial charge in [0.1, 0.15) is 0 Å². The lowest BCUT2D eigenvalue weighted by molar-refractivity contribution is 0.102. The maximum atomic E-state index is 12.5. The number of H-pyrrole nitrogens is 1. The van der Waals surface area contributed by atoms with Crippen LogP contribution in [0.5, 0.6) is 0 Å². The van der Waals surface area contributed by atoms with Crippen molar-refractivity contribution in [2.45, 2.75) is 19.3 Å². The number of carbonyl (C=O) groups is 1. The number of hydrogen-bond donors (Lipinski definition) is 3. The predicted molar refractivity (Wildman–Crippen MR) is 99.0 cm³/mol. The molecule has 0 bridgehead atoms. The first kappa shape index (κ1) is 15.4. The van der Waals surface area contributed by atoms with Crippen molar-refractivity contribution in [3.8, 4) is 0 Å². The lowest BCUT2D eigenvalue weighted by Crippen LogP contribution is -2.14. The van der Waals surface area contributed by atoms with E-state index in [1.54, 1.807) is 18.5 Å². The smallest absolute Gasteiger partial charge is 0.255 e. The molecule has 0 saturated carbocycles. The Balaban J connectivity index is 1.71. The molecule has 0 atom stereocenters. The minimum absolute atomic E-state index is 0.134. The number of rotatable bonds is 3. The van der Waals surface area contributed by atoms with Gasteiger partial charge in [0.15, 0.2) is 0 Å². The van der Waals surface area contributed by atoms with Gasteiger partial charge in [0.25, 0.3) is 5.91 Å². The summed E-state index contributed by atoms with van der Waals surface area (Å²) in [4.78, 5) is 20.0. The van der Waals surface area contributed by atoms with E-state index in [4.69, 9.17) is 0 Å². The quantitative estimate of drug-likeness (QED) is 0.644. The standard InChI is InChI=1S/C19H19N5O/c1-20-24-17-6-2-5-14-15-10-12(7-8-16(15)23-18(14)17)19(25)22-13-4-3-9-21-11-13/h3-4,7-11,20,23H,2,5-6H2,1H3,(H,22,25)/b24-17+. The summed E-state index contributed by atoms with van der Waals surface area (Å²) in [5.74, 6) is -0.134. The summed E-state index contributed by atoms with van der Waals surface area (Å²) in [6.07, 6.45) is 6.32. The lowest BCUT2D eigenvalue weighted by Gasteiger charge is -2.13. The molecule has 0 fully saturated rings. The lowest BCUT2D eigenvalue weighted by atomic mass is 9.93. The van der Waals surface area contributed by atoms with E-state index in [0.717, 1.165) is 41.6 Å². The highest BCUT2D eigenvalue weighted by atomic mass is 16.1. The van der Waals surface area contributed by atoms with Gasteiger partial charge in [0.2, 0.25) is 0 Å². The van der Waals surface area contributed by atoms with Gasteiger partial charge in [-0.3, -0.25) is 9.78 Å². The van der Waals surface area contributed by atoms with Crippen molar-refractivity contribution in [2.24, 2.45) is 5.10 Å². The molecule has 0 spiro atoms. The Morgan fingerprint density at radius 2 is 2.20 bits per heavy atom. The van der Waals surface area contributed by atoms with Crippen molar-refractivity contribution < 1.29 is 4.79 Å². The summed E-state index contributed by atoms with van der Waals surface area (Å²) in [6, 6.07) is 9.37. The molecule has 6 heteroatoms. The number of aryl methyl sites for hydroxylation is 1. The summed E-state index contributed by atoms with van der Waals surface area (Å²) >= 11 is 0. The zero-order valence-electron chi connectivity index (χ0n) is 14.0. The third-order valence-electron chi connectivity index (χ3n) is 4.46. The zero-order chi connectivity index (χ0) is 17.2. The molecule has 4 rings (SSSR count). The number of anilines is 1. The summed E-state index contributed by atoms with van der Waals surface area (Å²) in [5.41, 5.74) is 8.60. The Labute approximate surface area is 145 Å². The average molecular weight is 333 g/mol. The third kappa shape index (κ3) is 2.87. The van der Waals surface area contributed by atoms with Gasteiger partial charge >= 0.3 is 0 Å². The molecule has 0 aliphatic heterocycles. The van der Waals surface area contributed by atoms with Crippen molar-refractivity contribution in [1.82, 2.24) is 15.4 Å². The van der Waals surface area contributed by atoms with Crippen LogP contribution in [0.1, 0.15) is 34.5 Å². The van der Waals surface area contributed by atoms with Crippen LogP contribution in [0, 0.1) is 0 Å². The number of benzene rings is 1. The van der Waals surface area contributed by atoms with Gasteiger partial charge in [0, 0.05) is 29.7 Å². The fraction of sp³-hybridized carbons (Fsp3) is 0.211. The first-order valence-corrected chi connectivity index (χ1v) is 8.36. The number of fused-ring (bicyclic) bond motifs is 3. The molecule has 25 heavy (non-hydrogen) atoms. The molecule has 0 saturated heterocycles. The minimum atomic E-state index is -0.134. The van der Waals surface area contributed by atoms with E-state index >= 15 is 0 Å². The predicted octanol–water partition coefficient (Wildman–Crippen LogP) is 3.08. The number of carbonyl (C=O) groups excluding carboxylic acids is 1. The van der Waals surface area contributed by atoms with Gasteiger partial charge in [-0.15, -0.1) is 0 Å². The number of aromatic nitrogens is 2. The summed E-state index contributed by atoms with van der Waals surface area (Å²) in [5, 5.41) is 8.36. The molecular weight excluding hydrogens is 314 g/mol. The number of nitrogens with zero attached hydrogens (tertiary/aromatic N) is 2. The SMILES string of the molecule is CN/N=C1\CCCc2c1[nH]c1ccc(C(=O)Nc3cccnc3)cc21. The van der Waals surface area contributed by atoms with E-state index in [1.807, 2.05) is 31.3 Å². The van der Waals surface area contributed by atoms with Gasteiger partial charge in [-0.2, -0.15) is 5.10 Å². The molecule has 1 aliphatic rings. The van der Waals surface area contributed by atoms with Crippen LogP contribution in [0.15, 0.2) is 47.8 Å². The van der Waals surface area contributed by atoms with Crippen molar-refractivity contribution >= 4 is 28.2 Å². The second-order valence-electron chi connectivity index (χ2n) is 6.07. The maximum Gasteiger partial charge on any atom is 0.255 e. The highest BCUT2D eigenvalue weighted by molar-refractivity contribution is 6.09. The van der Waals surface area contributed by atoms with E-state index in [9.17, 15) is 4.79 Å². The molecule has 2 heterocycles. The monoisotopic (exact) mass is 333 g/mol. The van der Waals surface area contributed by atoms with E-state index in [2.05, 4.69) is 25.8 Å². The van der Waals surface area contributed by atoms with Crippen molar-refractivity contribution in [3.05, 3.63) is 59.5 Å². The topological polar surface area (TPSA) is 82.2 Å². The fourth-order valence-corrected chi connectivity index (χ4v) is 3.34. The first-order chi connectivity index (χ1) is 12.3. The highest BCUT2D eigenvalue weighted by Gasteiger charge is 2.21. The van der Waals surface area contributed by atoms with Crippen LogP contribution in [0.4, 0.5) is 5.69 Å². The van der Waals surface area contributed by atoms with E-state index in [0.29, 0.717) is 11.3 Å². The van der Waals surface area contributed by atoms with Crippen LogP contribution < -0.4 is 10.7 Å². The van der Waals surface area contributed by atoms with E-state index < -0.39 is 0 Å². The fourth-order valence-electron chi connectivity index (χ4n) is 3.34. The molecule has 1 aliphatic carbocycles. The summed E-state index contributed by atoms with van der Waals surface area (Å²) < 4.78 is 0. The van der Waals surface area contributed by atoms with E-state index in [-0.39, 0.29) is 5.91 Å². The van der Waals surface area contributed by atoms with Crippen LogP contribution in [0.2, 0.25) is 0 Å². The number of nitrogens with one attached hydrogen (secondary N) is 3. The Morgan fingerprint density at radius 1 is 1.28 bits per heavy atom. The van der Waals surface area contributed by atoms with Crippen LogP contribution in [0.25, 0.3) is 10.9 Å². The largest absolute Gasteiger partial charge is 0.353 e. The molecular formula is C19H19N5O. The highest BCUT2D eigenvalue weighted by Crippen LogP contribution is 2.30. The Hall–Kier alpha value is -3.15. The molecule has 2 aromatic heterocycles. The van der Waals surface area contributed by atoms with Crippen LogP contribution >= 0.6 is 0 Å². The molecule has 1 amide bonds. The minimum Gasteiger partial charge on any atom is -0.353 e. The van der Waals surface area contributed by atoms with Gasteiger partial charge in [-0.25, -0.2) is 0 Å². The van der Waals surface area contributed by atoms with Gasteiger partial charge in [0.05, 0.1) is 23.3 Å². The number of amides is 1. The molecule has 0 unspecified atom stereocenters. The van der Waals surface area contributed by atoms with E-state index in [1.165, 1.54) is 5.56 Å².